The summed E-state index contributed by atoms with van der Waals surface area (Å²) in [7, 11) is 0. The minimum Gasteiger partial charge on any atom is -0.548 e. The quantitative estimate of drug-likeness (QED) is 0.0981. The molecule has 0 aromatic heterocycles. The zero-order valence-electron chi connectivity index (χ0n) is 26.7. The molecule has 0 saturated heterocycles. The fourth-order valence-corrected chi connectivity index (χ4v) is 3.94. The smallest absolute Gasteiger partial charge is 0.548 e. The molecule has 0 saturated carbocycles. The Kier molecular flexibility index (Phi) is 43.7. The van der Waals surface area contributed by atoms with Crippen molar-refractivity contribution in [1.82, 2.24) is 10.6 Å². The number of rotatable bonds is 24. The number of hydrogen-bond acceptors (Lipinski definition) is 6. The van der Waals surface area contributed by atoms with Crippen LogP contribution in [0, 0.1) is 0 Å². The summed E-state index contributed by atoms with van der Waals surface area (Å²) in [6, 6.07) is -1.79. The fourth-order valence-electron chi connectivity index (χ4n) is 3.94. The Hall–Kier alpha value is 1.15. The van der Waals surface area contributed by atoms with Crippen molar-refractivity contribution < 1.29 is 132 Å². The summed E-state index contributed by atoms with van der Waals surface area (Å²) in [5, 5.41) is 25.7. The number of unbranched alkanes of at least 4 members (excludes halogenated alkanes) is 16. The van der Waals surface area contributed by atoms with Crippen LogP contribution in [-0.4, -0.2) is 35.8 Å². The normalized spacial score (nSPS) is 11.5. The van der Waals surface area contributed by atoms with Crippen LogP contribution in [0.4, 0.5) is 0 Å². The molecule has 10 heteroatoms. The average Bonchev–Trinajstić information content (AvgIpc) is 2.87. The number of hydrogen-bond donors (Lipinski definition) is 2. The van der Waals surface area contributed by atoms with Gasteiger partial charge in [-0.2, -0.15) is 0 Å². The van der Waals surface area contributed by atoms with E-state index in [0.717, 1.165) is 38.5 Å². The van der Waals surface area contributed by atoms with Gasteiger partial charge in [-0.1, -0.05) is 117 Å². The first-order chi connectivity index (χ1) is 18.1. The molecule has 0 aliphatic carbocycles. The van der Waals surface area contributed by atoms with Gasteiger partial charge in [-0.05, 0) is 26.7 Å². The van der Waals surface area contributed by atoms with Crippen molar-refractivity contribution in [3.05, 3.63) is 0 Å². The maximum absolute atomic E-state index is 11.4. The first-order valence-electron chi connectivity index (χ1n) is 15.2. The molecular formula is C30H56K2N2O6. The molecule has 0 fully saturated rings. The summed E-state index contributed by atoms with van der Waals surface area (Å²) >= 11 is 0. The van der Waals surface area contributed by atoms with Gasteiger partial charge < -0.3 is 30.4 Å². The number of carbonyl (C=O) groups is 4. The summed E-state index contributed by atoms with van der Waals surface area (Å²) in [6.45, 7) is 7.27. The van der Waals surface area contributed by atoms with Gasteiger partial charge in [0, 0.05) is 12.8 Å². The second kappa shape index (κ2) is 36.3. The van der Waals surface area contributed by atoms with Gasteiger partial charge >= 0.3 is 103 Å². The van der Waals surface area contributed by atoms with Crippen LogP contribution in [0.5, 0.6) is 0 Å². The molecule has 40 heavy (non-hydrogen) atoms. The number of amides is 2. The second-order valence-electron chi connectivity index (χ2n) is 10.4. The number of aliphatic carboxylic acids is 2. The monoisotopic (exact) mass is 618 g/mol. The molecule has 0 aliphatic heterocycles. The van der Waals surface area contributed by atoms with Gasteiger partial charge in [-0.3, -0.25) is 9.59 Å². The van der Waals surface area contributed by atoms with E-state index >= 15 is 0 Å². The molecule has 0 aromatic rings. The standard InChI is InChI=1S/2C15H29NO3.2K/c2*1-3-4-5-6-7-8-9-10-11-12-14(17)16-13(2)15(18)19;;/h2*13H,3-12H2,1-2H3,(H,16,17)(H,18,19);;/q;;2*+1/p-2/t2*13-;;/m00../s1. The van der Waals surface area contributed by atoms with Crippen LogP contribution in [-0.2, 0) is 19.2 Å². The third-order valence-corrected chi connectivity index (χ3v) is 6.48. The Labute approximate surface area is 330 Å². The van der Waals surface area contributed by atoms with E-state index < -0.39 is 24.0 Å². The first-order valence-corrected chi connectivity index (χ1v) is 15.2. The summed E-state index contributed by atoms with van der Waals surface area (Å²) in [5.74, 6) is -2.86. The summed E-state index contributed by atoms with van der Waals surface area (Å²) in [6.07, 6.45) is 22.5. The number of carboxylic acid groups (broad SMARTS) is 2. The van der Waals surface area contributed by atoms with Gasteiger partial charge in [0.25, 0.3) is 0 Å². The van der Waals surface area contributed by atoms with Crippen molar-refractivity contribution >= 4 is 23.8 Å². The molecule has 2 atom stereocenters. The molecule has 8 nitrogen and oxygen atoms in total. The molecule has 2 N–H and O–H groups in total. The van der Waals surface area contributed by atoms with Crippen LogP contribution in [0.3, 0.4) is 0 Å². The molecule has 0 aromatic carbocycles. The summed E-state index contributed by atoms with van der Waals surface area (Å²) in [4.78, 5) is 43.6. The van der Waals surface area contributed by atoms with Crippen LogP contribution < -0.4 is 124 Å². The van der Waals surface area contributed by atoms with E-state index in [1.165, 1.54) is 90.9 Å². The van der Waals surface area contributed by atoms with E-state index in [4.69, 9.17) is 0 Å². The Morgan fingerprint density at radius 1 is 0.475 bits per heavy atom. The van der Waals surface area contributed by atoms with E-state index in [1.807, 2.05) is 0 Å². The fraction of sp³-hybridized carbons (Fsp3) is 0.867. The van der Waals surface area contributed by atoms with Crippen molar-refractivity contribution in [3.63, 3.8) is 0 Å². The zero-order chi connectivity index (χ0) is 29.0. The van der Waals surface area contributed by atoms with Crippen LogP contribution in [0.2, 0.25) is 0 Å². The average molecular weight is 619 g/mol. The van der Waals surface area contributed by atoms with Gasteiger partial charge in [0.1, 0.15) is 0 Å². The van der Waals surface area contributed by atoms with Crippen molar-refractivity contribution in [3.8, 4) is 0 Å². The van der Waals surface area contributed by atoms with Crippen LogP contribution in [0.25, 0.3) is 0 Å². The second-order valence-corrected chi connectivity index (χ2v) is 10.4. The van der Waals surface area contributed by atoms with E-state index in [1.54, 1.807) is 0 Å². The molecule has 0 unspecified atom stereocenters. The van der Waals surface area contributed by atoms with Crippen molar-refractivity contribution in [2.75, 3.05) is 0 Å². The molecule has 2 amide bonds. The van der Waals surface area contributed by atoms with Crippen molar-refractivity contribution in [2.45, 2.75) is 168 Å². The van der Waals surface area contributed by atoms with Crippen LogP contribution in [0.15, 0.2) is 0 Å². The number of carbonyl (C=O) groups excluding carboxylic acids is 4. The van der Waals surface area contributed by atoms with Gasteiger partial charge in [-0.15, -0.1) is 0 Å². The Bertz CT molecular complexity index is 571. The summed E-state index contributed by atoms with van der Waals surface area (Å²) in [5.41, 5.74) is 0. The molecule has 0 rings (SSSR count). The number of carboxylic acids is 2. The van der Waals surface area contributed by atoms with Gasteiger partial charge in [0.05, 0.1) is 24.0 Å². The third-order valence-electron chi connectivity index (χ3n) is 6.48. The minimum atomic E-state index is -1.24. The van der Waals surface area contributed by atoms with Gasteiger partial charge in [0.15, 0.2) is 0 Å². The number of nitrogens with one attached hydrogen (secondary N) is 2. The van der Waals surface area contributed by atoms with Crippen molar-refractivity contribution in [2.24, 2.45) is 0 Å². The Morgan fingerprint density at radius 3 is 0.925 bits per heavy atom. The van der Waals surface area contributed by atoms with E-state index in [0.29, 0.717) is 12.8 Å². The predicted octanol–water partition coefficient (Wildman–Crippen LogP) is -1.67. The molecule has 0 spiro atoms. The van der Waals surface area contributed by atoms with Crippen LogP contribution in [0.1, 0.15) is 156 Å². The predicted molar refractivity (Wildman–Crippen MR) is 149 cm³/mol. The molecule has 0 bridgehead atoms. The molecule has 0 aliphatic rings. The van der Waals surface area contributed by atoms with E-state index in [9.17, 15) is 29.4 Å². The summed E-state index contributed by atoms with van der Waals surface area (Å²) < 4.78 is 0. The minimum absolute atomic E-state index is 0. The molecule has 0 heterocycles. The zero-order valence-corrected chi connectivity index (χ0v) is 33.0. The van der Waals surface area contributed by atoms with Gasteiger partial charge in [-0.25, -0.2) is 0 Å². The Balaban J connectivity index is -0.000000309. The van der Waals surface area contributed by atoms with E-state index in [-0.39, 0.29) is 115 Å². The maximum Gasteiger partial charge on any atom is 1.00 e. The largest absolute Gasteiger partial charge is 1.00 e. The van der Waals surface area contributed by atoms with Gasteiger partial charge in [0.2, 0.25) is 11.8 Å². The SMILES string of the molecule is CCCCCCCCCCCC(=O)N[C@@H](C)C(=O)[O-].CCCCCCCCCCCC(=O)N[C@@H](C)C(=O)[O-].[K+].[K+]. The topological polar surface area (TPSA) is 138 Å². The molecule has 224 valence electrons. The maximum atomic E-state index is 11.4. The molecule has 0 radical (unpaired) electrons. The first kappa shape index (κ1) is 48.1. The Morgan fingerprint density at radius 2 is 0.700 bits per heavy atom. The third kappa shape index (κ3) is 37.2. The van der Waals surface area contributed by atoms with Crippen molar-refractivity contribution in [1.29, 1.82) is 0 Å². The van der Waals surface area contributed by atoms with E-state index in [2.05, 4.69) is 24.5 Å². The molecular weight excluding hydrogens is 563 g/mol. The van der Waals surface area contributed by atoms with Crippen LogP contribution >= 0.6 is 0 Å².